The molecular formula is C13H15NO6. The normalized spacial score (nSPS) is 17.0. The van der Waals surface area contributed by atoms with Crippen LogP contribution in [0.1, 0.15) is 29.8 Å². The average Bonchev–Trinajstić information content (AvgIpc) is 2.90. The summed E-state index contributed by atoms with van der Waals surface area (Å²) in [7, 11) is 0. The van der Waals surface area contributed by atoms with Crippen molar-refractivity contribution < 1.29 is 24.3 Å². The molecule has 1 saturated heterocycles. The van der Waals surface area contributed by atoms with Crippen LogP contribution >= 0.6 is 0 Å². The Kier molecular flexibility index (Phi) is 4.65. The van der Waals surface area contributed by atoms with Gasteiger partial charge in [-0.2, -0.15) is 0 Å². The third kappa shape index (κ3) is 3.52. The Bertz CT molecular complexity index is 481. The number of carbonyl (C=O) groups is 1. The molecule has 7 nitrogen and oxygen atoms in total. The zero-order valence-corrected chi connectivity index (χ0v) is 10.7. The predicted octanol–water partition coefficient (Wildman–Crippen LogP) is 1.57. The summed E-state index contributed by atoms with van der Waals surface area (Å²) >= 11 is 0. The van der Waals surface area contributed by atoms with E-state index in [-0.39, 0.29) is 6.42 Å². The highest BCUT2D eigenvalue weighted by molar-refractivity contribution is 5.68. The van der Waals surface area contributed by atoms with E-state index in [1.54, 1.807) is 24.3 Å². The maximum Gasteiger partial charge on any atom is 0.304 e. The van der Waals surface area contributed by atoms with Gasteiger partial charge in [0.25, 0.3) is 0 Å². The van der Waals surface area contributed by atoms with Gasteiger partial charge in [0, 0.05) is 10.5 Å². The van der Waals surface area contributed by atoms with Crippen LogP contribution in [-0.2, 0) is 14.3 Å². The summed E-state index contributed by atoms with van der Waals surface area (Å²) in [5.74, 6) is -1.77. The van der Waals surface area contributed by atoms with E-state index in [0.29, 0.717) is 24.3 Å². The van der Waals surface area contributed by atoms with Crippen molar-refractivity contribution in [1.29, 1.82) is 0 Å². The molecule has 1 unspecified atom stereocenters. The van der Waals surface area contributed by atoms with Crippen molar-refractivity contribution in [3.8, 4) is 0 Å². The fourth-order valence-electron chi connectivity index (χ4n) is 2.30. The van der Waals surface area contributed by atoms with Crippen LogP contribution in [0.2, 0.25) is 0 Å². The number of rotatable bonds is 6. The molecule has 108 valence electrons. The summed E-state index contributed by atoms with van der Waals surface area (Å²) < 4.78 is 10.8. The van der Waals surface area contributed by atoms with E-state index in [4.69, 9.17) is 14.6 Å². The number of carboxylic acid groups (broad SMARTS) is 1. The van der Waals surface area contributed by atoms with E-state index in [9.17, 15) is 14.9 Å². The fourth-order valence-corrected chi connectivity index (χ4v) is 2.30. The van der Waals surface area contributed by atoms with E-state index in [0.717, 1.165) is 0 Å². The van der Waals surface area contributed by atoms with Crippen LogP contribution in [-0.4, -0.2) is 35.8 Å². The minimum absolute atomic E-state index is 0.301. The highest BCUT2D eigenvalue weighted by Gasteiger charge is 2.28. The van der Waals surface area contributed by atoms with Crippen LogP contribution < -0.4 is 0 Å². The van der Waals surface area contributed by atoms with Gasteiger partial charge in [-0.3, -0.25) is 14.9 Å². The summed E-state index contributed by atoms with van der Waals surface area (Å²) in [5.41, 5.74) is 1.26. The zero-order chi connectivity index (χ0) is 14.5. The average molecular weight is 281 g/mol. The lowest BCUT2D eigenvalue weighted by Crippen LogP contribution is -2.18. The van der Waals surface area contributed by atoms with Gasteiger partial charge >= 0.3 is 5.97 Å². The molecule has 1 N–H and O–H groups in total. The molecule has 1 heterocycles. The number of benzene rings is 1. The smallest absolute Gasteiger partial charge is 0.304 e. The van der Waals surface area contributed by atoms with Crippen LogP contribution in [0.5, 0.6) is 0 Å². The highest BCUT2D eigenvalue weighted by atomic mass is 16.7. The maximum atomic E-state index is 10.9. The van der Waals surface area contributed by atoms with Gasteiger partial charge in [-0.1, -0.05) is 24.3 Å². The van der Waals surface area contributed by atoms with E-state index in [1.165, 1.54) is 0 Å². The first-order valence-corrected chi connectivity index (χ1v) is 6.23. The first kappa shape index (κ1) is 14.4. The second-order valence-corrected chi connectivity index (χ2v) is 4.51. The van der Waals surface area contributed by atoms with Gasteiger partial charge in [-0.25, -0.2) is 0 Å². The molecule has 0 aliphatic carbocycles. The summed E-state index contributed by atoms with van der Waals surface area (Å²) in [6, 6.07) is 6.94. The molecule has 1 aliphatic rings. The van der Waals surface area contributed by atoms with Gasteiger partial charge in [0.2, 0.25) is 6.54 Å². The van der Waals surface area contributed by atoms with E-state index in [1.807, 2.05) is 0 Å². The Morgan fingerprint density at radius 1 is 1.40 bits per heavy atom. The van der Waals surface area contributed by atoms with Gasteiger partial charge in [0.15, 0.2) is 6.29 Å². The molecule has 7 heteroatoms. The Labute approximate surface area is 115 Å². The Hall–Kier alpha value is -1.99. The Balaban J connectivity index is 2.31. The lowest BCUT2D eigenvalue weighted by atomic mass is 9.91. The van der Waals surface area contributed by atoms with Crippen molar-refractivity contribution in [2.45, 2.75) is 18.6 Å². The monoisotopic (exact) mass is 281 g/mol. The van der Waals surface area contributed by atoms with Crippen LogP contribution in [0, 0.1) is 10.1 Å². The Morgan fingerprint density at radius 3 is 2.65 bits per heavy atom. The number of hydrogen-bond acceptors (Lipinski definition) is 5. The molecule has 1 fully saturated rings. The number of hydrogen-bond donors (Lipinski definition) is 1. The van der Waals surface area contributed by atoms with E-state index < -0.39 is 29.6 Å². The minimum Gasteiger partial charge on any atom is -0.481 e. The molecule has 0 bridgehead atoms. The van der Waals surface area contributed by atoms with Crippen LogP contribution in [0.3, 0.4) is 0 Å². The molecule has 0 radical (unpaired) electrons. The second kappa shape index (κ2) is 6.44. The predicted molar refractivity (Wildman–Crippen MR) is 67.9 cm³/mol. The lowest BCUT2D eigenvalue weighted by molar-refractivity contribution is -0.483. The molecule has 20 heavy (non-hydrogen) atoms. The van der Waals surface area contributed by atoms with Crippen LogP contribution in [0.25, 0.3) is 0 Å². The quantitative estimate of drug-likeness (QED) is 0.627. The molecule has 1 aromatic carbocycles. The number of nitro groups is 1. The molecule has 0 amide bonds. The second-order valence-electron chi connectivity index (χ2n) is 4.51. The SMILES string of the molecule is O=C(O)CC(C[N+](=O)[O-])c1ccccc1C1OCCO1. The molecular weight excluding hydrogens is 266 g/mol. The third-order valence-electron chi connectivity index (χ3n) is 3.10. The van der Waals surface area contributed by atoms with Gasteiger partial charge in [-0.15, -0.1) is 0 Å². The first-order chi connectivity index (χ1) is 9.58. The van der Waals surface area contributed by atoms with Gasteiger partial charge in [0.1, 0.15) is 0 Å². The summed E-state index contributed by atoms with van der Waals surface area (Å²) in [6.45, 7) is 0.478. The van der Waals surface area contributed by atoms with Gasteiger partial charge in [-0.05, 0) is 5.56 Å². The van der Waals surface area contributed by atoms with Crippen molar-refractivity contribution >= 4 is 5.97 Å². The molecule has 1 aliphatic heterocycles. The van der Waals surface area contributed by atoms with Gasteiger partial charge < -0.3 is 14.6 Å². The molecule has 1 atom stereocenters. The van der Waals surface area contributed by atoms with E-state index in [2.05, 4.69) is 0 Å². The molecule has 0 saturated carbocycles. The highest BCUT2D eigenvalue weighted by Crippen LogP contribution is 2.32. The topological polar surface area (TPSA) is 98.9 Å². The summed E-state index contributed by atoms with van der Waals surface area (Å²) in [6.07, 6.45) is -0.876. The molecule has 2 rings (SSSR count). The van der Waals surface area contributed by atoms with Crippen molar-refractivity contribution in [3.63, 3.8) is 0 Å². The van der Waals surface area contributed by atoms with Crippen molar-refractivity contribution in [3.05, 3.63) is 45.5 Å². The van der Waals surface area contributed by atoms with E-state index >= 15 is 0 Å². The number of nitrogens with zero attached hydrogens (tertiary/aromatic N) is 1. The fraction of sp³-hybridized carbons (Fsp3) is 0.462. The maximum absolute atomic E-state index is 10.9. The van der Waals surface area contributed by atoms with Gasteiger partial charge in [0.05, 0.1) is 25.6 Å². The summed E-state index contributed by atoms with van der Waals surface area (Å²) in [4.78, 5) is 21.2. The van der Waals surface area contributed by atoms with Crippen LogP contribution in [0.4, 0.5) is 0 Å². The molecule has 1 aromatic rings. The first-order valence-electron chi connectivity index (χ1n) is 6.23. The molecule has 0 spiro atoms. The largest absolute Gasteiger partial charge is 0.481 e. The number of carboxylic acids is 1. The lowest BCUT2D eigenvalue weighted by Gasteiger charge is -2.18. The van der Waals surface area contributed by atoms with Crippen LogP contribution in [0.15, 0.2) is 24.3 Å². The Morgan fingerprint density at radius 2 is 2.05 bits per heavy atom. The van der Waals surface area contributed by atoms with Crippen molar-refractivity contribution in [1.82, 2.24) is 0 Å². The number of ether oxygens (including phenoxy) is 2. The van der Waals surface area contributed by atoms with Crippen molar-refractivity contribution in [2.75, 3.05) is 19.8 Å². The summed E-state index contributed by atoms with van der Waals surface area (Å²) in [5, 5.41) is 19.7. The minimum atomic E-state index is -1.07. The third-order valence-corrected chi connectivity index (χ3v) is 3.10. The number of aliphatic carboxylic acids is 1. The standard InChI is InChI=1S/C13H15NO6/c15-12(16)7-9(8-14(17)18)10-3-1-2-4-11(10)13-19-5-6-20-13/h1-4,9,13H,5-8H2,(H,15,16). The zero-order valence-electron chi connectivity index (χ0n) is 10.7. The van der Waals surface area contributed by atoms with Crippen molar-refractivity contribution in [2.24, 2.45) is 0 Å². The molecule has 0 aromatic heterocycles.